The van der Waals surface area contributed by atoms with Gasteiger partial charge in [-0.3, -0.25) is 32.5 Å². The number of aliphatic hydroxyl groups is 2. The Balaban J connectivity index is 4.53. The van der Waals surface area contributed by atoms with Crippen LogP contribution in [0.15, 0.2) is 182 Å². The molecule has 0 spiro atoms. The molecule has 0 fully saturated rings. The van der Waals surface area contributed by atoms with Crippen molar-refractivity contribution < 1.29 is 75.8 Å². The van der Waals surface area contributed by atoms with Gasteiger partial charge in [-0.25, -0.2) is 9.13 Å². The fourth-order valence-corrected chi connectivity index (χ4v) is 13.1. The Morgan fingerprint density at radius 3 is 0.699 bits per heavy atom. The monoisotopic (exact) mass is 1620 g/mol. The van der Waals surface area contributed by atoms with Gasteiger partial charge < -0.3 is 34.2 Å². The Morgan fingerprint density at radius 1 is 0.248 bits per heavy atom. The van der Waals surface area contributed by atoms with E-state index in [1.165, 1.54) is 103 Å². The second kappa shape index (κ2) is 86.0. The largest absolute Gasteiger partial charge is 0.472 e. The van der Waals surface area contributed by atoms with E-state index in [0.717, 1.165) is 180 Å². The van der Waals surface area contributed by atoms with Crippen molar-refractivity contribution in [1.29, 1.82) is 0 Å². The highest BCUT2D eigenvalue weighted by Gasteiger charge is 2.29. The molecule has 5 unspecified atom stereocenters. The Bertz CT molecular complexity index is 2780. The number of phosphoric acid groups is 2. The van der Waals surface area contributed by atoms with Crippen molar-refractivity contribution >= 4 is 33.6 Å². The Kier molecular flexibility index (Phi) is 81.9. The number of hydrogen-bond acceptors (Lipinski definition) is 14. The van der Waals surface area contributed by atoms with E-state index in [0.29, 0.717) is 19.3 Å². The van der Waals surface area contributed by atoms with Crippen molar-refractivity contribution in [3.63, 3.8) is 0 Å². The highest BCUT2D eigenvalue weighted by atomic mass is 31.2. The molecular formula is C95H158O16P2. The highest BCUT2D eigenvalue weighted by molar-refractivity contribution is 7.47. The van der Waals surface area contributed by atoms with Gasteiger partial charge in [-0.2, -0.15) is 0 Å². The molecule has 16 nitrogen and oxygen atoms in total. The normalized spacial score (nSPS) is 14.7. The molecule has 0 aliphatic carbocycles. The summed E-state index contributed by atoms with van der Waals surface area (Å²) in [6, 6.07) is 0. The van der Waals surface area contributed by atoms with Crippen molar-refractivity contribution in [2.45, 2.75) is 360 Å². The summed E-state index contributed by atoms with van der Waals surface area (Å²) in [4.78, 5) is 58.9. The fraction of sp³-hybridized carbons (Fsp3) is 0.653. The zero-order valence-corrected chi connectivity index (χ0v) is 72.5. The average Bonchev–Trinajstić information content (AvgIpc) is 0.899. The molecule has 0 heterocycles. The molecular weight excluding hydrogens is 1460 g/mol. The van der Waals surface area contributed by atoms with E-state index in [9.17, 15) is 43.5 Å². The molecule has 0 saturated heterocycles. The third-order valence-electron chi connectivity index (χ3n) is 18.1. The molecule has 0 aromatic carbocycles. The van der Waals surface area contributed by atoms with Gasteiger partial charge in [-0.1, -0.05) is 351 Å². The minimum atomic E-state index is -4.95. The summed E-state index contributed by atoms with van der Waals surface area (Å²) in [5.41, 5.74) is 0. The summed E-state index contributed by atoms with van der Waals surface area (Å²) < 4.78 is 61.3. The SMILES string of the molecule is CC/C=C\C/C=C\C/C=C\C/C=C\C/C=C\CCCCCCCCCCCCCCCCCCCCCC(=O)OCC(O)COP(=O)(O)OCC(O)COP(=O)(O)OCC(COC(=O)CCCCCCC/C=C\C/C=C\C/C=C\C/C=C\C/C=C\CC)OC(=O)CCCCCCC/C=C\C/C=C\C/C=C\C/C=C\C/C=C\CC. The molecule has 4 N–H and O–H groups in total. The van der Waals surface area contributed by atoms with Gasteiger partial charge in [0.2, 0.25) is 0 Å². The highest BCUT2D eigenvalue weighted by Crippen LogP contribution is 2.45. The molecule has 0 saturated carbocycles. The third kappa shape index (κ3) is 87.3. The molecule has 644 valence electrons. The number of carbonyl (C=O) groups excluding carboxylic acids is 3. The first kappa shape index (κ1) is 108. The average molecular weight is 1620 g/mol. The number of carbonyl (C=O) groups is 3. The first-order chi connectivity index (χ1) is 55.2. The summed E-state index contributed by atoms with van der Waals surface area (Å²) in [6.45, 7) is 2.31. The summed E-state index contributed by atoms with van der Waals surface area (Å²) in [6.07, 6.45) is 112. The maximum absolute atomic E-state index is 13.0. The van der Waals surface area contributed by atoms with E-state index in [1.54, 1.807) is 0 Å². The van der Waals surface area contributed by atoms with Crippen molar-refractivity contribution in [1.82, 2.24) is 0 Å². The minimum absolute atomic E-state index is 0.0716. The minimum Gasteiger partial charge on any atom is -0.463 e. The topological polar surface area (TPSA) is 231 Å². The molecule has 0 aliphatic rings. The third-order valence-corrected chi connectivity index (χ3v) is 20.0. The molecule has 0 radical (unpaired) electrons. The van der Waals surface area contributed by atoms with Gasteiger partial charge in [-0.05, 0) is 154 Å². The molecule has 0 aliphatic heterocycles. The lowest BCUT2D eigenvalue weighted by atomic mass is 10.0. The first-order valence-corrected chi connectivity index (χ1v) is 47.1. The van der Waals surface area contributed by atoms with E-state index in [-0.39, 0.29) is 19.3 Å². The van der Waals surface area contributed by atoms with E-state index >= 15 is 0 Å². The van der Waals surface area contributed by atoms with Gasteiger partial charge in [0.25, 0.3) is 0 Å². The van der Waals surface area contributed by atoms with Gasteiger partial charge >= 0.3 is 33.6 Å². The Morgan fingerprint density at radius 2 is 0.442 bits per heavy atom. The van der Waals surface area contributed by atoms with Crippen molar-refractivity contribution in [2.75, 3.05) is 39.6 Å². The molecule has 0 amide bonds. The number of ether oxygens (including phenoxy) is 3. The number of unbranched alkanes of at least 4 members (excludes halogenated alkanes) is 29. The number of phosphoric ester groups is 2. The van der Waals surface area contributed by atoms with Crippen LogP contribution in [0.2, 0.25) is 0 Å². The fourth-order valence-electron chi connectivity index (χ4n) is 11.5. The molecule has 0 bridgehead atoms. The van der Waals surface area contributed by atoms with Crippen LogP contribution in [0, 0.1) is 0 Å². The molecule has 0 rings (SSSR count). The summed E-state index contributed by atoms with van der Waals surface area (Å²) in [5, 5.41) is 20.7. The van der Waals surface area contributed by atoms with Crippen LogP contribution in [-0.2, 0) is 55.8 Å². The van der Waals surface area contributed by atoms with Crippen molar-refractivity contribution in [3.8, 4) is 0 Å². The van der Waals surface area contributed by atoms with Gasteiger partial charge in [-0.15, -0.1) is 0 Å². The van der Waals surface area contributed by atoms with Crippen LogP contribution in [0.1, 0.15) is 342 Å². The second-order valence-corrected chi connectivity index (χ2v) is 31.8. The zero-order chi connectivity index (χ0) is 82.2. The van der Waals surface area contributed by atoms with Crippen LogP contribution in [0.3, 0.4) is 0 Å². The van der Waals surface area contributed by atoms with Crippen LogP contribution in [-0.4, -0.2) is 95.9 Å². The predicted octanol–water partition coefficient (Wildman–Crippen LogP) is 26.9. The van der Waals surface area contributed by atoms with Gasteiger partial charge in [0.15, 0.2) is 6.10 Å². The summed E-state index contributed by atoms with van der Waals surface area (Å²) in [7, 11) is -9.82. The van der Waals surface area contributed by atoms with Crippen LogP contribution in [0.4, 0.5) is 0 Å². The van der Waals surface area contributed by atoms with Crippen LogP contribution in [0.25, 0.3) is 0 Å². The van der Waals surface area contributed by atoms with Crippen LogP contribution in [0.5, 0.6) is 0 Å². The van der Waals surface area contributed by atoms with Crippen LogP contribution >= 0.6 is 15.6 Å². The lowest BCUT2D eigenvalue weighted by Crippen LogP contribution is -2.30. The molecule has 0 aromatic heterocycles. The van der Waals surface area contributed by atoms with Gasteiger partial charge in [0, 0.05) is 19.3 Å². The van der Waals surface area contributed by atoms with E-state index in [2.05, 4.69) is 203 Å². The van der Waals surface area contributed by atoms with E-state index in [4.69, 9.17) is 32.3 Å². The molecule has 0 aromatic rings. The zero-order valence-electron chi connectivity index (χ0n) is 70.7. The number of esters is 3. The molecule has 5 atom stereocenters. The Hall–Kier alpha value is -5.35. The Labute approximate surface area is 687 Å². The number of rotatable bonds is 82. The maximum atomic E-state index is 13.0. The number of hydrogen-bond donors (Lipinski definition) is 4. The van der Waals surface area contributed by atoms with Crippen molar-refractivity contribution in [3.05, 3.63) is 182 Å². The van der Waals surface area contributed by atoms with Crippen molar-refractivity contribution in [2.24, 2.45) is 0 Å². The second-order valence-electron chi connectivity index (χ2n) is 28.9. The lowest BCUT2D eigenvalue weighted by Gasteiger charge is -2.21. The quantitative estimate of drug-likeness (QED) is 0.0146. The first-order valence-electron chi connectivity index (χ1n) is 44.1. The van der Waals surface area contributed by atoms with Gasteiger partial charge in [0.1, 0.15) is 25.4 Å². The number of allylic oxidation sites excluding steroid dienone is 30. The van der Waals surface area contributed by atoms with Crippen LogP contribution < -0.4 is 0 Å². The van der Waals surface area contributed by atoms with E-state index in [1.807, 2.05) is 0 Å². The summed E-state index contributed by atoms with van der Waals surface area (Å²) >= 11 is 0. The summed E-state index contributed by atoms with van der Waals surface area (Å²) in [5.74, 6) is -1.62. The number of aliphatic hydroxyl groups excluding tert-OH is 2. The molecule has 113 heavy (non-hydrogen) atoms. The molecule has 18 heteroatoms. The lowest BCUT2D eigenvalue weighted by molar-refractivity contribution is -0.161. The van der Waals surface area contributed by atoms with E-state index < -0.39 is 91.5 Å². The predicted molar refractivity (Wildman–Crippen MR) is 472 cm³/mol. The van der Waals surface area contributed by atoms with Gasteiger partial charge in [0.05, 0.1) is 26.4 Å². The maximum Gasteiger partial charge on any atom is 0.472 e. The smallest absolute Gasteiger partial charge is 0.463 e. The standard InChI is InChI=1S/C95H158O16P2/c1-4-7-10-13-16-19-22-25-28-31-34-37-38-39-40-41-42-43-44-45-46-47-48-49-50-53-55-57-60-63-66-69-72-75-78-81-93(98)105-84-90(96)85-107-112(101,102)108-86-91(97)87-109-113(103,104)110-89-92(111-95(100)83-80-77-74-71-68-65-62-59-56-52-36-33-30-27-24-21-18-15-12-9-6-3)88-106-94(99)82-79-76-73-70-67-64-61-58-54-51-35-32-29-26-23-20-17-14-11-8-5-2/h7-12,16-21,25-30,34-37,39-40,51-52,58-59,61-62,90-92,96-97H,4-6,13-15,22-24,31-33,38,41-50,53-57,60,63-89H2,1-3H3,(H,101,102)(H,103,104)/b10-7-,11-8-,12-9-,19-16-,20-17-,21-18-,28-25-,29-26-,30-27-,37-34-,40-39-,51-35-,52-36-,61-58-,62-59-.